The van der Waals surface area contributed by atoms with Gasteiger partial charge in [0, 0.05) is 10.4 Å². The number of carboxylic acid groups (broad SMARTS) is 1. The Balaban J connectivity index is 1.76. The third kappa shape index (κ3) is 2.44. The second-order valence-corrected chi connectivity index (χ2v) is 7.15. The van der Waals surface area contributed by atoms with Gasteiger partial charge in [-0.2, -0.15) is 0 Å². The first-order valence-electron chi connectivity index (χ1n) is 7.78. The number of halogens is 2. The Morgan fingerprint density at radius 2 is 2.00 bits per heavy atom. The van der Waals surface area contributed by atoms with Crippen molar-refractivity contribution in [3.05, 3.63) is 75.5 Å². The van der Waals surface area contributed by atoms with Crippen molar-refractivity contribution in [2.24, 2.45) is 5.92 Å². The normalized spacial score (nSPS) is 24.2. The summed E-state index contributed by atoms with van der Waals surface area (Å²) in [6, 6.07) is 9.99. The molecule has 24 heavy (non-hydrogen) atoms. The van der Waals surface area contributed by atoms with Crippen LogP contribution in [-0.2, 0) is 0 Å². The maximum absolute atomic E-state index is 14.4. The van der Waals surface area contributed by atoms with Gasteiger partial charge in [0.2, 0.25) is 0 Å². The number of benzene rings is 2. The van der Waals surface area contributed by atoms with E-state index in [1.165, 1.54) is 18.2 Å². The molecule has 122 valence electrons. The molecule has 2 aromatic rings. The molecule has 0 spiro atoms. The molecular formula is C19H14BrFNO2-. The molecule has 1 aliphatic carbocycles. The highest BCUT2D eigenvalue weighted by molar-refractivity contribution is 9.10. The molecule has 1 heterocycles. The molecule has 1 aliphatic heterocycles. The minimum absolute atomic E-state index is 0.0658. The van der Waals surface area contributed by atoms with Gasteiger partial charge < -0.3 is 15.2 Å². The number of rotatable bonds is 2. The van der Waals surface area contributed by atoms with Gasteiger partial charge in [0.15, 0.2) is 0 Å². The lowest BCUT2D eigenvalue weighted by molar-refractivity contribution is -0.255. The summed E-state index contributed by atoms with van der Waals surface area (Å²) >= 11 is 3.37. The van der Waals surface area contributed by atoms with Crippen LogP contribution >= 0.6 is 15.9 Å². The largest absolute Gasteiger partial charge is 0.545 e. The van der Waals surface area contributed by atoms with Crippen LogP contribution in [0.3, 0.4) is 0 Å². The summed E-state index contributed by atoms with van der Waals surface area (Å²) < 4.78 is 15.2. The number of allylic oxidation sites excluding steroid dienone is 2. The third-order valence-electron chi connectivity index (χ3n) is 4.89. The standard InChI is InChI=1S/C19H15BrFNO2/c20-12-8-15-13-2-1-3-14(13)17(22-18(15)16(21)9-12)10-4-6-11(7-5-10)19(23)24/h1-2,4-9,13-14,17,22H,3H2,(H,23,24)/p-1/t13-,14+,17+/m0/s1. The molecule has 3 nitrogen and oxygen atoms in total. The molecule has 0 radical (unpaired) electrons. The first kappa shape index (κ1) is 15.4. The van der Waals surface area contributed by atoms with Gasteiger partial charge in [-0.15, -0.1) is 0 Å². The summed E-state index contributed by atoms with van der Waals surface area (Å²) in [5.41, 5.74) is 2.58. The smallest absolute Gasteiger partial charge is 0.147 e. The number of hydrogen-bond acceptors (Lipinski definition) is 3. The van der Waals surface area contributed by atoms with E-state index in [1.54, 1.807) is 12.1 Å². The van der Waals surface area contributed by atoms with Crippen molar-refractivity contribution in [1.82, 2.24) is 0 Å². The van der Waals surface area contributed by atoms with Gasteiger partial charge in [0.05, 0.1) is 17.7 Å². The lowest BCUT2D eigenvalue weighted by Crippen LogP contribution is -2.30. The highest BCUT2D eigenvalue weighted by Crippen LogP contribution is 2.51. The Bertz CT molecular complexity index is 847. The third-order valence-corrected chi connectivity index (χ3v) is 5.35. The van der Waals surface area contributed by atoms with Crippen molar-refractivity contribution < 1.29 is 14.3 Å². The fourth-order valence-electron chi connectivity index (χ4n) is 3.78. The number of aromatic carboxylic acids is 1. The minimum Gasteiger partial charge on any atom is -0.545 e. The van der Waals surface area contributed by atoms with Gasteiger partial charge in [-0.3, -0.25) is 0 Å². The van der Waals surface area contributed by atoms with Crippen molar-refractivity contribution in [3.63, 3.8) is 0 Å². The lowest BCUT2D eigenvalue weighted by Gasteiger charge is -2.37. The molecule has 2 aliphatic rings. The second-order valence-electron chi connectivity index (χ2n) is 6.24. The molecule has 0 amide bonds. The van der Waals surface area contributed by atoms with Crippen molar-refractivity contribution in [3.8, 4) is 0 Å². The number of nitrogens with one attached hydrogen (secondary N) is 1. The minimum atomic E-state index is -1.19. The molecule has 0 bridgehead atoms. The molecule has 0 saturated carbocycles. The summed E-state index contributed by atoms with van der Waals surface area (Å²) in [4.78, 5) is 10.9. The number of hydrogen-bond donors (Lipinski definition) is 1. The zero-order valence-corrected chi connectivity index (χ0v) is 14.2. The maximum Gasteiger partial charge on any atom is 0.147 e. The molecule has 4 rings (SSSR count). The van der Waals surface area contributed by atoms with Gasteiger partial charge in [0.1, 0.15) is 5.82 Å². The zero-order chi connectivity index (χ0) is 16.8. The molecule has 5 heteroatoms. The first-order valence-corrected chi connectivity index (χ1v) is 8.57. The van der Waals surface area contributed by atoms with Crippen molar-refractivity contribution in [2.75, 3.05) is 5.32 Å². The Morgan fingerprint density at radius 3 is 2.71 bits per heavy atom. The Morgan fingerprint density at radius 1 is 1.25 bits per heavy atom. The van der Waals surface area contributed by atoms with Gasteiger partial charge in [-0.05, 0) is 41.2 Å². The Labute approximate surface area is 147 Å². The SMILES string of the molecule is O=C([O-])c1ccc([C@H]2Nc3c(F)cc(Br)cc3[C@H]3C=CC[C@H]32)cc1. The summed E-state index contributed by atoms with van der Waals surface area (Å²) in [6.45, 7) is 0. The Hall–Kier alpha value is -2.14. The van der Waals surface area contributed by atoms with Crippen molar-refractivity contribution in [1.29, 1.82) is 0 Å². The predicted molar refractivity (Wildman–Crippen MR) is 91.2 cm³/mol. The van der Waals surface area contributed by atoms with Gasteiger partial charge in [-0.25, -0.2) is 4.39 Å². The summed E-state index contributed by atoms with van der Waals surface area (Å²) in [5.74, 6) is -1.05. The Kier molecular flexibility index (Phi) is 3.68. The van der Waals surface area contributed by atoms with E-state index in [1.807, 2.05) is 6.07 Å². The van der Waals surface area contributed by atoms with Crippen LogP contribution < -0.4 is 10.4 Å². The van der Waals surface area contributed by atoms with E-state index < -0.39 is 5.97 Å². The van der Waals surface area contributed by atoms with Gasteiger partial charge >= 0.3 is 0 Å². The highest BCUT2D eigenvalue weighted by atomic mass is 79.9. The molecule has 3 atom stereocenters. The van der Waals surface area contributed by atoms with Gasteiger partial charge in [-0.1, -0.05) is 52.3 Å². The van der Waals surface area contributed by atoms with Crippen LogP contribution in [0.15, 0.2) is 53.0 Å². The number of carboxylic acids is 1. The quantitative estimate of drug-likeness (QED) is 0.799. The summed E-state index contributed by atoms with van der Waals surface area (Å²) in [5, 5.41) is 14.3. The van der Waals surface area contributed by atoms with Crippen LogP contribution in [0, 0.1) is 11.7 Å². The van der Waals surface area contributed by atoms with Crippen molar-refractivity contribution >= 4 is 27.6 Å². The van der Waals surface area contributed by atoms with Crippen LogP contribution in [0.4, 0.5) is 10.1 Å². The second kappa shape index (κ2) is 5.74. The van der Waals surface area contributed by atoms with Gasteiger partial charge in [0.25, 0.3) is 0 Å². The number of carbonyl (C=O) groups is 1. The molecule has 2 aromatic carbocycles. The van der Waals surface area contributed by atoms with Crippen LogP contribution in [0.1, 0.15) is 39.9 Å². The summed E-state index contributed by atoms with van der Waals surface area (Å²) in [7, 11) is 0. The molecule has 1 N–H and O–H groups in total. The molecule has 0 unspecified atom stereocenters. The molecule has 0 fully saturated rings. The van der Waals surface area contributed by atoms with E-state index in [-0.39, 0.29) is 29.3 Å². The number of anilines is 1. The first-order chi connectivity index (χ1) is 11.5. The van der Waals surface area contributed by atoms with E-state index in [9.17, 15) is 14.3 Å². The van der Waals surface area contributed by atoms with Crippen LogP contribution in [0.2, 0.25) is 0 Å². The number of fused-ring (bicyclic) bond motifs is 3. The monoisotopic (exact) mass is 386 g/mol. The molecule has 0 saturated heterocycles. The summed E-state index contributed by atoms with van der Waals surface area (Å²) in [6.07, 6.45) is 5.17. The highest BCUT2D eigenvalue weighted by Gasteiger charge is 2.39. The fourth-order valence-corrected chi connectivity index (χ4v) is 4.23. The lowest BCUT2D eigenvalue weighted by atomic mass is 9.77. The average molecular weight is 387 g/mol. The maximum atomic E-state index is 14.4. The molecule has 0 aromatic heterocycles. The fraction of sp³-hybridized carbons (Fsp3) is 0.211. The van der Waals surface area contributed by atoms with Crippen molar-refractivity contribution in [2.45, 2.75) is 18.4 Å². The predicted octanol–water partition coefficient (Wildman–Crippen LogP) is 3.78. The topological polar surface area (TPSA) is 52.2 Å². The van der Waals surface area contributed by atoms with E-state index in [0.29, 0.717) is 5.69 Å². The van der Waals surface area contributed by atoms with Crippen LogP contribution in [0.25, 0.3) is 0 Å². The van der Waals surface area contributed by atoms with Crippen LogP contribution in [-0.4, -0.2) is 5.97 Å². The van der Waals surface area contributed by atoms with E-state index in [4.69, 9.17) is 0 Å². The molecular weight excluding hydrogens is 373 g/mol. The van der Waals surface area contributed by atoms with E-state index in [2.05, 4.69) is 33.4 Å². The average Bonchev–Trinajstić information content (AvgIpc) is 3.04. The number of carbonyl (C=O) groups excluding carboxylic acids is 1. The van der Waals surface area contributed by atoms with Crippen LogP contribution in [0.5, 0.6) is 0 Å². The van der Waals surface area contributed by atoms with E-state index >= 15 is 0 Å². The van der Waals surface area contributed by atoms with E-state index in [0.717, 1.165) is 22.0 Å². The zero-order valence-electron chi connectivity index (χ0n) is 12.6.